The number of thiophene rings is 1. The maximum Gasteiger partial charge on any atom is 0.341 e. The molecule has 0 unspecified atom stereocenters. The highest BCUT2D eigenvalue weighted by atomic mass is 32.2. The molecule has 0 saturated heterocycles. The van der Waals surface area contributed by atoms with Gasteiger partial charge in [0.1, 0.15) is 5.00 Å². The number of carbonyl (C=O) groups is 2. The van der Waals surface area contributed by atoms with Gasteiger partial charge in [0.25, 0.3) is 0 Å². The molecule has 0 saturated carbocycles. The number of sulfonamides is 1. The summed E-state index contributed by atoms with van der Waals surface area (Å²) < 4.78 is 55.6. The second-order valence-corrected chi connectivity index (χ2v) is 12.4. The van der Waals surface area contributed by atoms with Crippen molar-refractivity contribution in [2.75, 3.05) is 28.7 Å². The summed E-state index contributed by atoms with van der Waals surface area (Å²) in [6.07, 6.45) is 0.587. The van der Waals surface area contributed by atoms with E-state index in [1.807, 2.05) is 30.3 Å². The molecule has 0 aliphatic carbocycles. The minimum atomic E-state index is -3.88. The van der Waals surface area contributed by atoms with Crippen molar-refractivity contribution in [2.24, 2.45) is 0 Å². The van der Waals surface area contributed by atoms with Crippen LogP contribution >= 0.6 is 11.3 Å². The zero-order chi connectivity index (χ0) is 25.6. The zero-order valence-corrected chi connectivity index (χ0v) is 21.4. The minimum Gasteiger partial charge on any atom is -0.462 e. The van der Waals surface area contributed by atoms with Gasteiger partial charge in [-0.05, 0) is 36.8 Å². The molecule has 9 nitrogen and oxygen atoms in total. The number of nitrogens with one attached hydrogen (secondary N) is 2. The number of amides is 1. The number of benzene rings is 2. The number of hydrogen-bond acceptors (Lipinski definition) is 8. The van der Waals surface area contributed by atoms with Crippen LogP contribution in [0.5, 0.6) is 0 Å². The highest BCUT2D eigenvalue weighted by Gasteiger charge is 2.22. The fraction of sp³-hybridized carbons (Fsp3) is 0.217. The highest BCUT2D eigenvalue weighted by molar-refractivity contribution is 7.92. The molecule has 2 N–H and O–H groups in total. The molecule has 0 spiro atoms. The van der Waals surface area contributed by atoms with Gasteiger partial charge in [0, 0.05) is 17.0 Å². The van der Waals surface area contributed by atoms with Gasteiger partial charge in [0.15, 0.2) is 9.84 Å². The average molecular weight is 537 g/mol. The highest BCUT2D eigenvalue weighted by Crippen LogP contribution is 2.36. The molecule has 3 aromatic rings. The molecular formula is C23H24N2O7S3. The first-order chi connectivity index (χ1) is 16.5. The molecule has 0 fully saturated rings. The third-order valence-corrected chi connectivity index (χ3v) is 8.05. The van der Waals surface area contributed by atoms with Crippen molar-refractivity contribution >= 4 is 53.8 Å². The molecule has 1 aromatic heterocycles. The van der Waals surface area contributed by atoms with E-state index in [4.69, 9.17) is 4.74 Å². The monoisotopic (exact) mass is 536 g/mol. The molecule has 12 heteroatoms. The van der Waals surface area contributed by atoms with Gasteiger partial charge < -0.3 is 10.1 Å². The van der Waals surface area contributed by atoms with E-state index < -0.39 is 37.5 Å². The number of sulfone groups is 1. The number of hydrogen-bond donors (Lipinski definition) is 2. The van der Waals surface area contributed by atoms with Crippen LogP contribution in [0, 0.1) is 0 Å². The lowest BCUT2D eigenvalue weighted by molar-refractivity contribution is -0.115. The second kappa shape index (κ2) is 11.0. The van der Waals surface area contributed by atoms with Crippen molar-refractivity contribution in [1.29, 1.82) is 0 Å². The van der Waals surface area contributed by atoms with Crippen molar-refractivity contribution in [3.8, 4) is 10.4 Å². The largest absolute Gasteiger partial charge is 0.462 e. The Hall–Kier alpha value is -3.22. The molecule has 0 aliphatic rings. The molecule has 1 amide bonds. The summed E-state index contributed by atoms with van der Waals surface area (Å²) in [5.41, 5.74) is 1.14. The third kappa shape index (κ3) is 7.38. The Bertz CT molecular complexity index is 1430. The van der Waals surface area contributed by atoms with Crippen LogP contribution in [0.1, 0.15) is 23.7 Å². The molecule has 2 aromatic carbocycles. The fourth-order valence-corrected chi connectivity index (χ4v) is 6.00. The molecule has 186 valence electrons. The van der Waals surface area contributed by atoms with Gasteiger partial charge >= 0.3 is 5.97 Å². The smallest absolute Gasteiger partial charge is 0.341 e. The predicted molar refractivity (Wildman–Crippen MR) is 136 cm³/mol. The number of ether oxygens (including phenoxy) is 1. The summed E-state index contributed by atoms with van der Waals surface area (Å²) in [5, 5.41) is 2.90. The Balaban J connectivity index is 1.75. The minimum absolute atomic E-state index is 0.101. The zero-order valence-electron chi connectivity index (χ0n) is 19.0. The first-order valence-corrected chi connectivity index (χ1v) is 14.8. The van der Waals surface area contributed by atoms with Crippen molar-refractivity contribution in [1.82, 2.24) is 0 Å². The quantitative estimate of drug-likeness (QED) is 0.377. The molecule has 0 aliphatic heterocycles. The SMILES string of the molecule is CCOC(=O)c1cc(-c2ccccc2)sc1NC(=O)CCS(=O)(=O)c1cccc(NS(C)(=O)=O)c1. The normalized spacial score (nSPS) is 11.6. The van der Waals surface area contributed by atoms with E-state index in [-0.39, 0.29) is 34.2 Å². The lowest BCUT2D eigenvalue weighted by Crippen LogP contribution is -2.18. The van der Waals surface area contributed by atoms with Gasteiger partial charge in [-0.25, -0.2) is 21.6 Å². The summed E-state index contributed by atoms with van der Waals surface area (Å²) in [6.45, 7) is 1.83. The van der Waals surface area contributed by atoms with Crippen molar-refractivity contribution < 1.29 is 31.2 Å². The van der Waals surface area contributed by atoms with Crippen LogP contribution < -0.4 is 10.0 Å². The van der Waals surface area contributed by atoms with Gasteiger partial charge in [0.05, 0.1) is 29.1 Å². The van der Waals surface area contributed by atoms with Crippen LogP contribution in [-0.2, 0) is 29.4 Å². The van der Waals surface area contributed by atoms with E-state index in [9.17, 15) is 26.4 Å². The van der Waals surface area contributed by atoms with Gasteiger partial charge in [0.2, 0.25) is 15.9 Å². The van der Waals surface area contributed by atoms with E-state index in [0.29, 0.717) is 0 Å². The number of esters is 1. The molecule has 35 heavy (non-hydrogen) atoms. The Morgan fingerprint density at radius 2 is 1.69 bits per heavy atom. The van der Waals surface area contributed by atoms with E-state index in [1.54, 1.807) is 13.0 Å². The summed E-state index contributed by atoms with van der Waals surface area (Å²) in [4.78, 5) is 25.6. The lowest BCUT2D eigenvalue weighted by atomic mass is 10.1. The van der Waals surface area contributed by atoms with E-state index >= 15 is 0 Å². The van der Waals surface area contributed by atoms with E-state index in [1.165, 1.54) is 35.6 Å². The molecule has 1 heterocycles. The Morgan fingerprint density at radius 1 is 0.971 bits per heavy atom. The standard InChI is InChI=1S/C23H24N2O7S3/c1-3-32-23(27)19-15-20(16-8-5-4-6-9-16)33-22(19)24-21(26)12-13-35(30,31)18-11-7-10-17(14-18)25-34(2,28)29/h4-11,14-15,25H,3,12-13H2,1-2H3,(H,24,26). The maximum absolute atomic E-state index is 12.7. The van der Waals surface area contributed by atoms with Gasteiger partial charge in [-0.2, -0.15) is 0 Å². The third-order valence-electron chi connectivity index (χ3n) is 4.63. The van der Waals surface area contributed by atoms with Gasteiger partial charge in [-0.15, -0.1) is 11.3 Å². The average Bonchev–Trinajstić information content (AvgIpc) is 3.21. The second-order valence-electron chi connectivity index (χ2n) is 7.46. The Kier molecular flexibility index (Phi) is 8.30. The summed E-state index contributed by atoms with van der Waals surface area (Å²) >= 11 is 1.18. The molecule has 3 rings (SSSR count). The van der Waals surface area contributed by atoms with Crippen LogP contribution in [-0.4, -0.2) is 47.3 Å². The van der Waals surface area contributed by atoms with Crippen LogP contribution in [0.25, 0.3) is 10.4 Å². The Labute approximate surface area is 208 Å². The predicted octanol–water partition coefficient (Wildman–Crippen LogP) is 3.77. The van der Waals surface area contributed by atoms with Crippen LogP contribution in [0.4, 0.5) is 10.7 Å². The lowest BCUT2D eigenvalue weighted by Gasteiger charge is -2.09. The van der Waals surface area contributed by atoms with Gasteiger partial charge in [-0.1, -0.05) is 36.4 Å². The molecular weight excluding hydrogens is 512 g/mol. The first-order valence-electron chi connectivity index (χ1n) is 10.5. The number of anilines is 2. The fourth-order valence-electron chi connectivity index (χ4n) is 3.09. The topological polar surface area (TPSA) is 136 Å². The molecule has 0 radical (unpaired) electrons. The maximum atomic E-state index is 12.7. The van der Waals surface area contributed by atoms with Crippen molar-refractivity contribution in [3.63, 3.8) is 0 Å². The van der Waals surface area contributed by atoms with Crippen LogP contribution in [0.15, 0.2) is 65.6 Å². The summed E-state index contributed by atoms with van der Waals surface area (Å²) in [5.74, 6) is -1.69. The molecule has 0 bridgehead atoms. The Morgan fingerprint density at radius 3 is 2.34 bits per heavy atom. The van der Waals surface area contributed by atoms with Crippen LogP contribution in [0.2, 0.25) is 0 Å². The van der Waals surface area contributed by atoms with Crippen LogP contribution in [0.3, 0.4) is 0 Å². The number of rotatable bonds is 10. The summed E-state index contributed by atoms with van der Waals surface area (Å²) in [6, 6.07) is 16.3. The van der Waals surface area contributed by atoms with E-state index in [2.05, 4.69) is 10.0 Å². The summed E-state index contributed by atoms with van der Waals surface area (Å²) in [7, 11) is -7.46. The van der Waals surface area contributed by atoms with Gasteiger partial charge in [-0.3, -0.25) is 9.52 Å². The van der Waals surface area contributed by atoms with Crippen molar-refractivity contribution in [2.45, 2.75) is 18.2 Å². The first kappa shape index (κ1) is 26.4. The van der Waals surface area contributed by atoms with Crippen molar-refractivity contribution in [3.05, 3.63) is 66.2 Å². The molecule has 0 atom stereocenters. The number of carbonyl (C=O) groups excluding carboxylic acids is 2. The van der Waals surface area contributed by atoms with E-state index in [0.717, 1.165) is 16.7 Å².